The second-order valence-corrected chi connectivity index (χ2v) is 2.81. The van der Waals surface area contributed by atoms with Crippen LogP contribution in [-0.2, 0) is 6.42 Å². The Hall–Kier alpha value is -0.440. The van der Waals surface area contributed by atoms with Gasteiger partial charge in [0.2, 0.25) is 0 Å². The summed E-state index contributed by atoms with van der Waals surface area (Å²) in [6, 6.07) is 2.01. The van der Waals surface area contributed by atoms with Crippen molar-refractivity contribution >= 4 is 11.8 Å². The number of hydrogen-bond donors (Lipinski definition) is 1. The molecule has 1 aromatic heterocycles. The first-order valence-corrected chi connectivity index (χ1v) is 4.30. The number of H-pyrrole nitrogens is 1. The molecule has 0 saturated heterocycles. The van der Waals surface area contributed by atoms with Crippen molar-refractivity contribution < 1.29 is 0 Å². The van der Waals surface area contributed by atoms with E-state index in [4.69, 9.17) is 0 Å². The van der Waals surface area contributed by atoms with Crippen LogP contribution in [0.15, 0.2) is 12.3 Å². The van der Waals surface area contributed by atoms with Crippen molar-refractivity contribution in [2.45, 2.75) is 6.42 Å². The van der Waals surface area contributed by atoms with Gasteiger partial charge in [-0.2, -0.15) is 16.9 Å². The lowest BCUT2D eigenvalue weighted by Crippen LogP contribution is -1.86. The predicted molar refractivity (Wildman–Crippen MR) is 40.7 cm³/mol. The Morgan fingerprint density at radius 2 is 2.67 bits per heavy atom. The summed E-state index contributed by atoms with van der Waals surface area (Å²) >= 11 is 1.85. The third-order valence-electron chi connectivity index (χ3n) is 1.13. The van der Waals surface area contributed by atoms with Gasteiger partial charge in [0.25, 0.3) is 0 Å². The molecule has 0 amide bonds. The molecule has 2 nitrogen and oxygen atoms in total. The Labute approximate surface area is 59.0 Å². The molecule has 50 valence electrons. The third-order valence-corrected chi connectivity index (χ3v) is 1.75. The zero-order valence-electron chi connectivity index (χ0n) is 5.42. The maximum absolute atomic E-state index is 3.84. The molecule has 0 saturated carbocycles. The van der Waals surface area contributed by atoms with Crippen LogP contribution < -0.4 is 0 Å². The second kappa shape index (κ2) is 3.56. The second-order valence-electron chi connectivity index (χ2n) is 1.82. The van der Waals surface area contributed by atoms with Crippen LogP contribution in [0.2, 0.25) is 0 Å². The van der Waals surface area contributed by atoms with E-state index in [0.29, 0.717) is 0 Å². The van der Waals surface area contributed by atoms with Gasteiger partial charge in [-0.15, -0.1) is 0 Å². The third kappa shape index (κ3) is 2.10. The number of aromatic amines is 1. The number of aryl methyl sites for hydroxylation is 1. The molecule has 1 rings (SSSR count). The molecule has 0 aliphatic heterocycles. The first-order valence-electron chi connectivity index (χ1n) is 2.90. The van der Waals surface area contributed by atoms with Gasteiger partial charge in [-0.25, -0.2) is 0 Å². The maximum Gasteiger partial charge on any atom is 0.0490 e. The van der Waals surface area contributed by atoms with Gasteiger partial charge in [0, 0.05) is 11.9 Å². The molecule has 9 heavy (non-hydrogen) atoms. The van der Waals surface area contributed by atoms with Crippen molar-refractivity contribution in [1.82, 2.24) is 10.2 Å². The summed E-state index contributed by atoms with van der Waals surface area (Å²) in [5.41, 5.74) is 1.23. The molecule has 0 radical (unpaired) electrons. The van der Waals surface area contributed by atoms with Gasteiger partial charge in [0.05, 0.1) is 0 Å². The SMILES string of the molecule is CSCCc1ccn[nH]1. The molecule has 0 spiro atoms. The fourth-order valence-electron chi connectivity index (χ4n) is 0.636. The van der Waals surface area contributed by atoms with E-state index in [1.54, 1.807) is 6.20 Å². The van der Waals surface area contributed by atoms with Gasteiger partial charge < -0.3 is 0 Å². The molecule has 0 aliphatic carbocycles. The summed E-state index contributed by atoms with van der Waals surface area (Å²) < 4.78 is 0. The number of thioether (sulfide) groups is 1. The summed E-state index contributed by atoms with van der Waals surface area (Å²) in [5, 5.41) is 6.75. The van der Waals surface area contributed by atoms with E-state index in [2.05, 4.69) is 16.5 Å². The average molecular weight is 142 g/mol. The van der Waals surface area contributed by atoms with Crippen molar-refractivity contribution in [1.29, 1.82) is 0 Å². The zero-order valence-corrected chi connectivity index (χ0v) is 6.24. The molecule has 1 heterocycles. The highest BCUT2D eigenvalue weighted by Crippen LogP contribution is 1.98. The smallest absolute Gasteiger partial charge is 0.0490 e. The van der Waals surface area contributed by atoms with Gasteiger partial charge >= 0.3 is 0 Å². The van der Waals surface area contributed by atoms with Gasteiger partial charge in [-0.3, -0.25) is 5.10 Å². The molecule has 0 unspecified atom stereocenters. The standard InChI is InChI=1S/C6H10N2S/c1-9-5-3-6-2-4-7-8-6/h2,4H,3,5H2,1H3,(H,7,8). The number of aromatic nitrogens is 2. The average Bonchev–Trinajstić information content (AvgIpc) is 2.34. The molecule has 0 bridgehead atoms. The van der Waals surface area contributed by atoms with E-state index in [1.807, 2.05) is 17.8 Å². The minimum atomic E-state index is 1.10. The molecule has 0 fully saturated rings. The van der Waals surface area contributed by atoms with Crippen molar-refractivity contribution in [3.63, 3.8) is 0 Å². The summed E-state index contributed by atoms with van der Waals surface area (Å²) in [5.74, 6) is 1.17. The Morgan fingerprint density at radius 3 is 3.22 bits per heavy atom. The van der Waals surface area contributed by atoms with Crippen LogP contribution in [0, 0.1) is 0 Å². The number of rotatable bonds is 3. The first-order chi connectivity index (χ1) is 4.43. The normalized spacial score (nSPS) is 9.89. The van der Waals surface area contributed by atoms with E-state index in [9.17, 15) is 0 Å². The van der Waals surface area contributed by atoms with Crippen molar-refractivity contribution in [2.24, 2.45) is 0 Å². The highest BCUT2D eigenvalue weighted by atomic mass is 32.2. The predicted octanol–water partition coefficient (Wildman–Crippen LogP) is 1.32. The fourth-order valence-corrected chi connectivity index (χ4v) is 1.06. The van der Waals surface area contributed by atoms with E-state index in [-0.39, 0.29) is 0 Å². The Bertz CT molecular complexity index is 148. The lowest BCUT2D eigenvalue weighted by molar-refractivity contribution is 0.981. The summed E-state index contributed by atoms with van der Waals surface area (Å²) in [6.45, 7) is 0. The van der Waals surface area contributed by atoms with Crippen LogP contribution in [0.25, 0.3) is 0 Å². The van der Waals surface area contributed by atoms with Gasteiger partial charge in [-0.1, -0.05) is 0 Å². The van der Waals surface area contributed by atoms with Gasteiger partial charge in [-0.05, 0) is 24.5 Å². The van der Waals surface area contributed by atoms with E-state index >= 15 is 0 Å². The summed E-state index contributed by atoms with van der Waals surface area (Å²) in [6.07, 6.45) is 4.99. The number of nitrogens with zero attached hydrogens (tertiary/aromatic N) is 1. The van der Waals surface area contributed by atoms with E-state index in [0.717, 1.165) is 6.42 Å². The number of nitrogens with one attached hydrogen (secondary N) is 1. The minimum absolute atomic E-state index is 1.10. The molecule has 0 atom stereocenters. The number of hydrogen-bond acceptors (Lipinski definition) is 2. The van der Waals surface area contributed by atoms with Crippen LogP contribution in [0.4, 0.5) is 0 Å². The van der Waals surface area contributed by atoms with Crippen LogP contribution >= 0.6 is 11.8 Å². The monoisotopic (exact) mass is 142 g/mol. The van der Waals surface area contributed by atoms with Crippen LogP contribution in [-0.4, -0.2) is 22.2 Å². The van der Waals surface area contributed by atoms with Gasteiger partial charge in [0.15, 0.2) is 0 Å². The highest BCUT2D eigenvalue weighted by Gasteiger charge is 1.89. The summed E-state index contributed by atoms with van der Waals surface area (Å²) in [7, 11) is 0. The zero-order chi connectivity index (χ0) is 6.53. The largest absolute Gasteiger partial charge is 0.283 e. The first kappa shape index (κ1) is 6.68. The highest BCUT2D eigenvalue weighted by molar-refractivity contribution is 7.98. The van der Waals surface area contributed by atoms with E-state index < -0.39 is 0 Å². The van der Waals surface area contributed by atoms with Crippen molar-refractivity contribution in [3.05, 3.63) is 18.0 Å². The van der Waals surface area contributed by atoms with Crippen molar-refractivity contribution in [3.8, 4) is 0 Å². The molecular formula is C6H10N2S. The molecule has 1 aromatic rings. The Morgan fingerprint density at radius 1 is 1.78 bits per heavy atom. The quantitative estimate of drug-likeness (QED) is 0.689. The molecule has 1 N–H and O–H groups in total. The lowest BCUT2D eigenvalue weighted by Gasteiger charge is -1.90. The minimum Gasteiger partial charge on any atom is -0.283 e. The topological polar surface area (TPSA) is 28.7 Å². The Balaban J connectivity index is 2.30. The fraction of sp³-hybridized carbons (Fsp3) is 0.500. The van der Waals surface area contributed by atoms with Gasteiger partial charge in [0.1, 0.15) is 0 Å². The molecular weight excluding hydrogens is 132 g/mol. The Kier molecular flexibility index (Phi) is 2.64. The lowest BCUT2D eigenvalue weighted by atomic mass is 10.3. The van der Waals surface area contributed by atoms with E-state index in [1.165, 1.54) is 11.4 Å². The van der Waals surface area contributed by atoms with Crippen LogP contribution in [0.5, 0.6) is 0 Å². The molecule has 0 aromatic carbocycles. The van der Waals surface area contributed by atoms with Crippen LogP contribution in [0.3, 0.4) is 0 Å². The molecule has 3 heteroatoms. The summed E-state index contributed by atoms with van der Waals surface area (Å²) in [4.78, 5) is 0. The maximum atomic E-state index is 3.84. The molecule has 0 aliphatic rings. The van der Waals surface area contributed by atoms with Crippen molar-refractivity contribution in [2.75, 3.05) is 12.0 Å². The van der Waals surface area contributed by atoms with Crippen LogP contribution in [0.1, 0.15) is 5.69 Å².